The van der Waals surface area contributed by atoms with Crippen LogP contribution in [0.3, 0.4) is 0 Å². The highest BCUT2D eigenvalue weighted by Gasteiger charge is 2.26. The Morgan fingerprint density at radius 3 is 2.91 bits per heavy atom. The Hall–Kier alpha value is -1.30. The van der Waals surface area contributed by atoms with Crippen molar-refractivity contribution >= 4 is 0 Å². The van der Waals surface area contributed by atoms with Gasteiger partial charge in [-0.15, -0.1) is 0 Å². The molecular formula is C8H11N3. The molecule has 1 unspecified atom stereocenters. The number of nitriles is 1. The third kappa shape index (κ3) is 1.25. The van der Waals surface area contributed by atoms with Crippen LogP contribution in [0.5, 0.6) is 0 Å². The summed E-state index contributed by atoms with van der Waals surface area (Å²) >= 11 is 0. The molecule has 11 heavy (non-hydrogen) atoms. The fourth-order valence-electron chi connectivity index (χ4n) is 0.866. The molecule has 1 heterocycles. The van der Waals surface area contributed by atoms with Crippen molar-refractivity contribution < 1.29 is 0 Å². The molecule has 0 aliphatic heterocycles. The molecule has 3 heteroatoms. The molecule has 0 amide bonds. The molecule has 58 valence electrons. The van der Waals surface area contributed by atoms with Crippen molar-refractivity contribution in [3.63, 3.8) is 0 Å². The Labute approximate surface area is 66.1 Å². The van der Waals surface area contributed by atoms with Crippen molar-refractivity contribution in [3.05, 3.63) is 18.2 Å². The molecule has 0 saturated heterocycles. The van der Waals surface area contributed by atoms with Gasteiger partial charge < -0.3 is 4.98 Å². The van der Waals surface area contributed by atoms with Gasteiger partial charge in [-0.1, -0.05) is 6.92 Å². The second-order valence-electron chi connectivity index (χ2n) is 2.74. The van der Waals surface area contributed by atoms with Crippen LogP contribution in [0.4, 0.5) is 0 Å². The van der Waals surface area contributed by atoms with E-state index in [9.17, 15) is 0 Å². The van der Waals surface area contributed by atoms with Crippen LogP contribution in [0.1, 0.15) is 26.1 Å². The summed E-state index contributed by atoms with van der Waals surface area (Å²) in [6.45, 7) is 3.86. The SMILES string of the molecule is CCC(C)(C#N)c1ncc[nH]1. The number of aromatic amines is 1. The van der Waals surface area contributed by atoms with Crippen LogP contribution in [0.2, 0.25) is 0 Å². The smallest absolute Gasteiger partial charge is 0.126 e. The minimum atomic E-state index is -0.455. The van der Waals surface area contributed by atoms with Crippen LogP contribution in [0, 0.1) is 11.3 Å². The van der Waals surface area contributed by atoms with Gasteiger partial charge in [-0.2, -0.15) is 5.26 Å². The summed E-state index contributed by atoms with van der Waals surface area (Å²) in [5.41, 5.74) is -0.455. The maximum absolute atomic E-state index is 8.85. The first-order chi connectivity index (χ1) is 5.23. The van der Waals surface area contributed by atoms with Crippen LogP contribution < -0.4 is 0 Å². The lowest BCUT2D eigenvalue weighted by Gasteiger charge is -2.15. The highest BCUT2D eigenvalue weighted by atomic mass is 14.9. The van der Waals surface area contributed by atoms with Gasteiger partial charge in [-0.25, -0.2) is 4.98 Å². The second-order valence-corrected chi connectivity index (χ2v) is 2.74. The summed E-state index contributed by atoms with van der Waals surface area (Å²) in [5, 5.41) is 8.85. The summed E-state index contributed by atoms with van der Waals surface area (Å²) in [6, 6.07) is 2.24. The quantitative estimate of drug-likeness (QED) is 0.694. The number of rotatable bonds is 2. The summed E-state index contributed by atoms with van der Waals surface area (Å²) < 4.78 is 0. The van der Waals surface area contributed by atoms with Gasteiger partial charge in [0.25, 0.3) is 0 Å². The Kier molecular flexibility index (Phi) is 1.95. The summed E-state index contributed by atoms with van der Waals surface area (Å²) in [7, 11) is 0. The molecule has 1 rings (SSSR count). The van der Waals surface area contributed by atoms with Crippen molar-refractivity contribution in [2.24, 2.45) is 0 Å². The van der Waals surface area contributed by atoms with Crippen LogP contribution >= 0.6 is 0 Å². The first kappa shape index (κ1) is 7.80. The van der Waals surface area contributed by atoms with Gasteiger partial charge >= 0.3 is 0 Å². The molecule has 1 aromatic rings. The molecule has 0 radical (unpaired) electrons. The lowest BCUT2D eigenvalue weighted by molar-refractivity contribution is 0.553. The van der Waals surface area contributed by atoms with E-state index < -0.39 is 5.41 Å². The van der Waals surface area contributed by atoms with E-state index in [0.717, 1.165) is 12.2 Å². The number of hydrogen-bond donors (Lipinski definition) is 1. The van der Waals surface area contributed by atoms with Crippen LogP contribution in [-0.4, -0.2) is 9.97 Å². The predicted octanol–water partition coefficient (Wildman–Crippen LogP) is 1.60. The molecule has 0 spiro atoms. The van der Waals surface area contributed by atoms with E-state index in [4.69, 9.17) is 5.26 Å². The standard InChI is InChI=1S/C8H11N3/c1-3-8(2,6-9)7-10-4-5-11-7/h4-5H,3H2,1-2H3,(H,10,11). The maximum atomic E-state index is 8.85. The average molecular weight is 149 g/mol. The van der Waals surface area contributed by atoms with Crippen LogP contribution in [0.25, 0.3) is 0 Å². The third-order valence-corrected chi connectivity index (χ3v) is 1.97. The summed E-state index contributed by atoms with van der Waals surface area (Å²) in [6.07, 6.45) is 4.18. The van der Waals surface area contributed by atoms with Gasteiger partial charge in [0.15, 0.2) is 0 Å². The molecular weight excluding hydrogens is 138 g/mol. The van der Waals surface area contributed by atoms with Gasteiger partial charge in [0.05, 0.1) is 6.07 Å². The van der Waals surface area contributed by atoms with Gasteiger partial charge in [0.1, 0.15) is 11.2 Å². The molecule has 1 atom stereocenters. The Balaban J connectivity index is 2.99. The zero-order chi connectivity index (χ0) is 8.32. The molecule has 1 aromatic heterocycles. The number of aromatic nitrogens is 2. The van der Waals surface area contributed by atoms with Gasteiger partial charge in [0.2, 0.25) is 0 Å². The molecule has 0 bridgehead atoms. The molecule has 0 aliphatic carbocycles. The van der Waals surface area contributed by atoms with E-state index >= 15 is 0 Å². The first-order valence-electron chi connectivity index (χ1n) is 3.64. The minimum Gasteiger partial charge on any atom is -0.347 e. The van der Waals surface area contributed by atoms with Crippen LogP contribution in [-0.2, 0) is 5.41 Å². The fraction of sp³-hybridized carbons (Fsp3) is 0.500. The summed E-state index contributed by atoms with van der Waals surface area (Å²) in [5.74, 6) is 0.752. The normalized spacial score (nSPS) is 15.4. The van der Waals surface area contributed by atoms with Gasteiger partial charge in [-0.05, 0) is 13.3 Å². The number of hydrogen-bond acceptors (Lipinski definition) is 2. The van der Waals surface area contributed by atoms with Crippen molar-refractivity contribution in [1.82, 2.24) is 9.97 Å². The molecule has 0 fully saturated rings. The lowest BCUT2D eigenvalue weighted by Crippen LogP contribution is -2.19. The average Bonchev–Trinajstić information content (AvgIpc) is 2.55. The topological polar surface area (TPSA) is 52.5 Å². The van der Waals surface area contributed by atoms with E-state index in [1.165, 1.54) is 0 Å². The van der Waals surface area contributed by atoms with Gasteiger partial charge in [0, 0.05) is 12.4 Å². The van der Waals surface area contributed by atoms with E-state index in [2.05, 4.69) is 16.0 Å². The van der Waals surface area contributed by atoms with E-state index in [1.807, 2.05) is 13.8 Å². The molecule has 0 saturated carbocycles. The molecule has 0 aliphatic rings. The maximum Gasteiger partial charge on any atom is 0.126 e. The number of H-pyrrole nitrogens is 1. The van der Waals surface area contributed by atoms with E-state index in [-0.39, 0.29) is 0 Å². The van der Waals surface area contributed by atoms with Crippen LogP contribution in [0.15, 0.2) is 12.4 Å². The predicted molar refractivity (Wildman–Crippen MR) is 41.8 cm³/mol. The zero-order valence-electron chi connectivity index (χ0n) is 6.76. The Morgan fingerprint density at radius 2 is 2.55 bits per heavy atom. The highest BCUT2D eigenvalue weighted by Crippen LogP contribution is 2.22. The Morgan fingerprint density at radius 1 is 1.82 bits per heavy atom. The van der Waals surface area contributed by atoms with Crippen molar-refractivity contribution in [1.29, 1.82) is 5.26 Å². The zero-order valence-corrected chi connectivity index (χ0v) is 6.76. The first-order valence-corrected chi connectivity index (χ1v) is 3.64. The fourth-order valence-corrected chi connectivity index (χ4v) is 0.866. The van der Waals surface area contributed by atoms with Crippen molar-refractivity contribution in [3.8, 4) is 6.07 Å². The minimum absolute atomic E-state index is 0.455. The number of nitrogens with one attached hydrogen (secondary N) is 1. The third-order valence-electron chi connectivity index (χ3n) is 1.97. The molecule has 3 nitrogen and oxygen atoms in total. The Bertz CT molecular complexity index is 257. The molecule has 0 aromatic carbocycles. The molecule has 1 N–H and O–H groups in total. The second kappa shape index (κ2) is 2.75. The highest BCUT2D eigenvalue weighted by molar-refractivity contribution is 5.17. The lowest BCUT2D eigenvalue weighted by atomic mass is 9.89. The number of nitrogens with zero attached hydrogens (tertiary/aromatic N) is 2. The van der Waals surface area contributed by atoms with Crippen molar-refractivity contribution in [2.45, 2.75) is 25.7 Å². The summed E-state index contributed by atoms with van der Waals surface area (Å²) in [4.78, 5) is 7.00. The van der Waals surface area contributed by atoms with Crippen molar-refractivity contribution in [2.75, 3.05) is 0 Å². The number of imidazole rings is 1. The monoisotopic (exact) mass is 149 g/mol. The van der Waals surface area contributed by atoms with Gasteiger partial charge in [-0.3, -0.25) is 0 Å². The van der Waals surface area contributed by atoms with E-state index in [0.29, 0.717) is 0 Å². The largest absolute Gasteiger partial charge is 0.347 e. The van der Waals surface area contributed by atoms with E-state index in [1.54, 1.807) is 12.4 Å².